The van der Waals surface area contributed by atoms with Crippen molar-refractivity contribution in [1.82, 2.24) is 4.90 Å². The summed E-state index contributed by atoms with van der Waals surface area (Å²) in [6.45, 7) is 1.48. The Kier molecular flexibility index (Phi) is 2.92. The van der Waals surface area contributed by atoms with Gasteiger partial charge in [-0.15, -0.1) is 0 Å². The summed E-state index contributed by atoms with van der Waals surface area (Å²) in [7, 11) is 0. The fourth-order valence-corrected chi connectivity index (χ4v) is 2.43. The van der Waals surface area contributed by atoms with E-state index in [1.54, 1.807) is 0 Å². The molecule has 4 heteroatoms. The minimum atomic E-state index is -0.712. The van der Waals surface area contributed by atoms with Gasteiger partial charge in [-0.3, -0.25) is 9.69 Å². The highest BCUT2D eigenvalue weighted by Crippen LogP contribution is 2.36. The van der Waals surface area contributed by atoms with E-state index in [-0.39, 0.29) is 12.0 Å². The minimum absolute atomic E-state index is 0.0272. The molecule has 2 unspecified atom stereocenters. The molecule has 0 spiro atoms. The Morgan fingerprint density at radius 3 is 2.73 bits per heavy atom. The predicted molar refractivity (Wildman–Crippen MR) is 54.1 cm³/mol. The number of aliphatic carboxylic acids is 1. The van der Waals surface area contributed by atoms with Crippen molar-refractivity contribution in [2.75, 3.05) is 13.1 Å². The molecular weight excluding hydrogens is 192 g/mol. The van der Waals surface area contributed by atoms with Crippen LogP contribution in [0.25, 0.3) is 0 Å². The summed E-state index contributed by atoms with van der Waals surface area (Å²) in [6, 6.07) is 1.92. The summed E-state index contributed by atoms with van der Waals surface area (Å²) in [4.78, 5) is 13.1. The van der Waals surface area contributed by atoms with E-state index >= 15 is 0 Å². The van der Waals surface area contributed by atoms with Gasteiger partial charge in [0.05, 0.1) is 12.0 Å². The first-order valence-electron chi connectivity index (χ1n) is 5.59. The molecule has 1 N–H and O–H groups in total. The van der Waals surface area contributed by atoms with Gasteiger partial charge in [0.15, 0.2) is 0 Å². The Morgan fingerprint density at radius 2 is 2.20 bits per heavy atom. The molecule has 0 amide bonds. The second-order valence-electron chi connectivity index (χ2n) is 4.58. The van der Waals surface area contributed by atoms with Crippen molar-refractivity contribution >= 4 is 5.97 Å². The normalized spacial score (nSPS) is 29.4. The first-order valence-corrected chi connectivity index (χ1v) is 5.59. The highest BCUT2D eigenvalue weighted by atomic mass is 16.4. The largest absolute Gasteiger partial charge is 0.480 e. The van der Waals surface area contributed by atoms with E-state index < -0.39 is 5.97 Å². The predicted octanol–water partition coefficient (Wildman–Crippen LogP) is 1.09. The van der Waals surface area contributed by atoms with E-state index in [4.69, 9.17) is 5.26 Å². The third-order valence-electron chi connectivity index (χ3n) is 3.35. The van der Waals surface area contributed by atoms with Crippen LogP contribution >= 0.6 is 0 Å². The van der Waals surface area contributed by atoms with Gasteiger partial charge in [-0.2, -0.15) is 5.26 Å². The van der Waals surface area contributed by atoms with Gasteiger partial charge in [-0.25, -0.2) is 0 Å². The van der Waals surface area contributed by atoms with Crippen LogP contribution in [0.15, 0.2) is 0 Å². The van der Waals surface area contributed by atoms with Crippen LogP contribution in [0.4, 0.5) is 0 Å². The summed E-state index contributed by atoms with van der Waals surface area (Å²) < 4.78 is 0. The number of carboxylic acid groups (broad SMARTS) is 1. The Labute approximate surface area is 89.5 Å². The number of rotatable bonds is 3. The average Bonchev–Trinajstić information content (AvgIpc) is 3.02. The van der Waals surface area contributed by atoms with Crippen molar-refractivity contribution in [3.63, 3.8) is 0 Å². The summed E-state index contributed by atoms with van der Waals surface area (Å²) in [5.74, 6) is -0.351. The lowest BCUT2D eigenvalue weighted by Crippen LogP contribution is -2.47. The maximum atomic E-state index is 11.2. The van der Waals surface area contributed by atoms with Crippen molar-refractivity contribution in [3.05, 3.63) is 0 Å². The molecule has 0 aromatic heterocycles. The smallest absolute Gasteiger partial charge is 0.321 e. The quantitative estimate of drug-likeness (QED) is 0.754. The van der Waals surface area contributed by atoms with E-state index in [9.17, 15) is 9.90 Å². The lowest BCUT2D eigenvalue weighted by atomic mass is 9.97. The number of carboxylic acids is 1. The van der Waals surface area contributed by atoms with Crippen LogP contribution in [0.2, 0.25) is 0 Å². The molecule has 1 aliphatic heterocycles. The number of piperidine rings is 1. The summed E-state index contributed by atoms with van der Waals surface area (Å²) in [6.07, 6.45) is 3.94. The molecule has 82 valence electrons. The highest BCUT2D eigenvalue weighted by Gasteiger charge is 2.41. The molecule has 0 aromatic rings. The van der Waals surface area contributed by atoms with Crippen molar-refractivity contribution in [2.24, 2.45) is 11.8 Å². The minimum Gasteiger partial charge on any atom is -0.480 e. The van der Waals surface area contributed by atoms with Crippen molar-refractivity contribution in [2.45, 2.75) is 31.7 Å². The van der Waals surface area contributed by atoms with Gasteiger partial charge in [0.2, 0.25) is 0 Å². The van der Waals surface area contributed by atoms with Gasteiger partial charge < -0.3 is 5.11 Å². The van der Waals surface area contributed by atoms with Gasteiger partial charge in [0.1, 0.15) is 6.04 Å². The molecule has 2 fully saturated rings. The molecular formula is C11H16N2O2. The van der Waals surface area contributed by atoms with Crippen LogP contribution in [0.5, 0.6) is 0 Å². The van der Waals surface area contributed by atoms with Crippen molar-refractivity contribution in [3.8, 4) is 6.07 Å². The maximum Gasteiger partial charge on any atom is 0.321 e. The fraction of sp³-hybridized carbons (Fsp3) is 0.818. The molecule has 0 aromatic carbocycles. The van der Waals surface area contributed by atoms with Gasteiger partial charge in [0, 0.05) is 6.54 Å². The Hall–Kier alpha value is -1.08. The van der Waals surface area contributed by atoms with E-state index in [1.165, 1.54) is 0 Å². The topological polar surface area (TPSA) is 64.3 Å². The molecule has 1 saturated carbocycles. The SMILES string of the molecule is N#CC1CCCN(C(C(=O)O)C2CC2)C1. The molecule has 1 heterocycles. The summed E-state index contributed by atoms with van der Waals surface area (Å²) >= 11 is 0. The number of nitriles is 1. The van der Waals surface area contributed by atoms with E-state index in [1.807, 2.05) is 4.90 Å². The second kappa shape index (κ2) is 4.19. The fourth-order valence-electron chi connectivity index (χ4n) is 2.43. The molecule has 0 radical (unpaired) electrons. The van der Waals surface area contributed by atoms with Crippen LogP contribution in [0.3, 0.4) is 0 Å². The Bertz CT molecular complexity index is 293. The highest BCUT2D eigenvalue weighted by molar-refractivity contribution is 5.74. The zero-order chi connectivity index (χ0) is 10.8. The number of nitrogens with zero attached hydrogens (tertiary/aromatic N) is 2. The van der Waals surface area contributed by atoms with Crippen molar-refractivity contribution < 1.29 is 9.90 Å². The summed E-state index contributed by atoms with van der Waals surface area (Å²) in [5.41, 5.74) is 0. The zero-order valence-corrected chi connectivity index (χ0v) is 8.72. The molecule has 0 bridgehead atoms. The number of carbonyl (C=O) groups is 1. The lowest BCUT2D eigenvalue weighted by Gasteiger charge is -2.34. The standard InChI is InChI=1S/C11H16N2O2/c12-6-8-2-1-5-13(7-8)10(11(14)15)9-3-4-9/h8-10H,1-5,7H2,(H,14,15). The Morgan fingerprint density at radius 1 is 1.47 bits per heavy atom. The summed E-state index contributed by atoms with van der Waals surface area (Å²) in [5, 5.41) is 18.0. The van der Waals surface area contributed by atoms with Crippen molar-refractivity contribution in [1.29, 1.82) is 5.26 Å². The molecule has 1 aliphatic carbocycles. The Balaban J connectivity index is 2.01. The first kappa shape index (κ1) is 10.4. The van der Waals surface area contributed by atoms with E-state index in [2.05, 4.69) is 6.07 Å². The zero-order valence-electron chi connectivity index (χ0n) is 8.72. The van der Waals surface area contributed by atoms with Gasteiger partial charge >= 0.3 is 5.97 Å². The maximum absolute atomic E-state index is 11.2. The number of likely N-dealkylation sites (tertiary alicyclic amines) is 1. The molecule has 2 rings (SSSR count). The monoisotopic (exact) mass is 208 g/mol. The van der Waals surface area contributed by atoms with Gasteiger partial charge in [-0.05, 0) is 38.1 Å². The van der Waals surface area contributed by atoms with Crippen LogP contribution < -0.4 is 0 Å². The van der Waals surface area contributed by atoms with E-state index in [0.29, 0.717) is 12.5 Å². The molecule has 15 heavy (non-hydrogen) atoms. The van der Waals surface area contributed by atoms with Gasteiger partial charge in [-0.1, -0.05) is 0 Å². The third-order valence-corrected chi connectivity index (χ3v) is 3.35. The number of hydrogen-bond acceptors (Lipinski definition) is 3. The third kappa shape index (κ3) is 2.29. The van der Waals surface area contributed by atoms with Crippen LogP contribution in [0.1, 0.15) is 25.7 Å². The molecule has 4 nitrogen and oxygen atoms in total. The molecule has 2 atom stereocenters. The van der Waals surface area contributed by atoms with E-state index in [0.717, 1.165) is 32.2 Å². The lowest BCUT2D eigenvalue weighted by molar-refractivity contribution is -0.144. The van der Waals surface area contributed by atoms with Crippen LogP contribution in [-0.4, -0.2) is 35.1 Å². The molecule has 2 aliphatic rings. The van der Waals surface area contributed by atoms with Crippen LogP contribution in [-0.2, 0) is 4.79 Å². The number of hydrogen-bond donors (Lipinski definition) is 1. The first-order chi connectivity index (χ1) is 7.22. The van der Waals surface area contributed by atoms with Gasteiger partial charge in [0.25, 0.3) is 0 Å². The average molecular weight is 208 g/mol. The van der Waals surface area contributed by atoms with Crippen LogP contribution in [0, 0.1) is 23.2 Å². The molecule has 1 saturated heterocycles. The second-order valence-corrected chi connectivity index (χ2v) is 4.58.